The van der Waals surface area contributed by atoms with E-state index < -0.39 is 12.0 Å². The van der Waals surface area contributed by atoms with E-state index in [0.29, 0.717) is 19.4 Å². The summed E-state index contributed by atoms with van der Waals surface area (Å²) >= 11 is 5.79. The molecule has 0 aromatic heterocycles. The highest BCUT2D eigenvalue weighted by Crippen LogP contribution is 2.21. The Hall–Kier alpha value is -0.360. The minimum Gasteiger partial charge on any atom is -0.480 e. The SMILES string of the molecule is CSCC[C@@H](C(=O)O)N1CC(S)CC1=O. The van der Waals surface area contributed by atoms with Crippen LogP contribution in [0.5, 0.6) is 0 Å². The summed E-state index contributed by atoms with van der Waals surface area (Å²) in [5, 5.41) is 9.02. The number of carbonyl (C=O) groups excluding carboxylic acids is 1. The molecule has 1 saturated heterocycles. The number of hydrogen-bond acceptors (Lipinski definition) is 4. The zero-order valence-corrected chi connectivity index (χ0v) is 10.3. The van der Waals surface area contributed by atoms with Crippen LogP contribution >= 0.6 is 24.4 Å². The number of carboxylic acids is 1. The number of hydrogen-bond donors (Lipinski definition) is 2. The summed E-state index contributed by atoms with van der Waals surface area (Å²) in [5.41, 5.74) is 0. The molecule has 1 fully saturated rings. The number of aliphatic carboxylic acids is 1. The van der Waals surface area contributed by atoms with Gasteiger partial charge >= 0.3 is 5.97 Å². The molecule has 0 aromatic carbocycles. The predicted octanol–water partition coefficient (Wildman–Crippen LogP) is 0.723. The Labute approximate surface area is 98.8 Å². The van der Waals surface area contributed by atoms with E-state index in [1.807, 2.05) is 6.26 Å². The third-order valence-corrected chi connectivity index (χ3v) is 3.38. The smallest absolute Gasteiger partial charge is 0.326 e. The van der Waals surface area contributed by atoms with E-state index in [1.165, 1.54) is 4.90 Å². The van der Waals surface area contributed by atoms with E-state index >= 15 is 0 Å². The van der Waals surface area contributed by atoms with Crippen LogP contribution < -0.4 is 0 Å². The normalized spacial score (nSPS) is 23.2. The molecule has 0 aromatic rings. The molecule has 0 bridgehead atoms. The van der Waals surface area contributed by atoms with Crippen molar-refractivity contribution in [1.29, 1.82) is 0 Å². The maximum Gasteiger partial charge on any atom is 0.326 e. The maximum atomic E-state index is 11.5. The third-order valence-electron chi connectivity index (χ3n) is 2.39. The lowest BCUT2D eigenvalue weighted by atomic mass is 10.2. The Kier molecular flexibility index (Phi) is 4.79. The lowest BCUT2D eigenvalue weighted by molar-refractivity contribution is -0.148. The molecule has 0 aliphatic carbocycles. The Balaban J connectivity index is 2.63. The first-order valence-electron chi connectivity index (χ1n) is 4.75. The zero-order valence-electron chi connectivity index (χ0n) is 8.55. The van der Waals surface area contributed by atoms with Crippen LogP contribution in [-0.2, 0) is 9.59 Å². The van der Waals surface area contributed by atoms with Crippen molar-refractivity contribution in [2.24, 2.45) is 0 Å². The van der Waals surface area contributed by atoms with Gasteiger partial charge in [0, 0.05) is 18.2 Å². The number of carbonyl (C=O) groups is 2. The highest BCUT2D eigenvalue weighted by molar-refractivity contribution is 7.98. The van der Waals surface area contributed by atoms with E-state index in [1.54, 1.807) is 11.8 Å². The summed E-state index contributed by atoms with van der Waals surface area (Å²) < 4.78 is 0. The van der Waals surface area contributed by atoms with Crippen molar-refractivity contribution >= 4 is 36.3 Å². The second-order valence-electron chi connectivity index (χ2n) is 3.54. The predicted molar refractivity (Wildman–Crippen MR) is 63.5 cm³/mol. The van der Waals surface area contributed by atoms with Gasteiger partial charge in [-0.25, -0.2) is 4.79 Å². The Morgan fingerprint density at radius 3 is 2.87 bits per heavy atom. The molecule has 6 heteroatoms. The number of amides is 1. The Morgan fingerprint density at radius 1 is 1.80 bits per heavy atom. The summed E-state index contributed by atoms with van der Waals surface area (Å²) in [6.45, 7) is 0.452. The van der Waals surface area contributed by atoms with Gasteiger partial charge in [-0.3, -0.25) is 4.79 Å². The minimum absolute atomic E-state index is 0.0198. The van der Waals surface area contributed by atoms with Crippen molar-refractivity contribution in [1.82, 2.24) is 4.90 Å². The maximum absolute atomic E-state index is 11.5. The zero-order chi connectivity index (χ0) is 11.4. The molecule has 4 nitrogen and oxygen atoms in total. The second-order valence-corrected chi connectivity index (χ2v) is 5.26. The third kappa shape index (κ3) is 3.31. The number of carboxylic acid groups (broad SMARTS) is 1. The van der Waals surface area contributed by atoms with Crippen LogP contribution in [0.15, 0.2) is 0 Å². The van der Waals surface area contributed by atoms with Gasteiger partial charge in [-0.15, -0.1) is 0 Å². The average molecular weight is 249 g/mol. The van der Waals surface area contributed by atoms with Crippen molar-refractivity contribution in [3.05, 3.63) is 0 Å². The van der Waals surface area contributed by atoms with Crippen LogP contribution in [0.4, 0.5) is 0 Å². The fourth-order valence-corrected chi connectivity index (χ4v) is 2.45. The van der Waals surface area contributed by atoms with Crippen molar-refractivity contribution in [3.63, 3.8) is 0 Å². The minimum atomic E-state index is -0.917. The molecule has 1 amide bonds. The molecule has 2 atom stereocenters. The fourth-order valence-electron chi connectivity index (χ4n) is 1.66. The van der Waals surface area contributed by atoms with E-state index in [9.17, 15) is 9.59 Å². The van der Waals surface area contributed by atoms with Crippen LogP contribution in [0.1, 0.15) is 12.8 Å². The topological polar surface area (TPSA) is 57.6 Å². The molecule has 1 aliphatic heterocycles. The second kappa shape index (κ2) is 5.65. The summed E-state index contributed by atoms with van der Waals surface area (Å²) in [7, 11) is 0. The summed E-state index contributed by atoms with van der Waals surface area (Å²) in [6.07, 6.45) is 2.78. The molecular weight excluding hydrogens is 234 g/mol. The monoisotopic (exact) mass is 249 g/mol. The van der Waals surface area contributed by atoms with Crippen molar-refractivity contribution in [2.75, 3.05) is 18.6 Å². The van der Waals surface area contributed by atoms with E-state index in [0.717, 1.165) is 5.75 Å². The number of nitrogens with zero attached hydrogens (tertiary/aromatic N) is 1. The number of rotatable bonds is 5. The lowest BCUT2D eigenvalue weighted by Crippen LogP contribution is -2.42. The standard InChI is InChI=1S/C9H15NO3S2/c1-15-3-2-7(9(12)13)10-5-6(14)4-8(10)11/h6-7,14H,2-5H2,1H3,(H,12,13)/t6?,7-/m0/s1. The van der Waals surface area contributed by atoms with Crippen LogP contribution in [-0.4, -0.2) is 51.7 Å². The molecule has 1 unspecified atom stereocenters. The summed E-state index contributed by atoms with van der Waals surface area (Å²) in [5.74, 6) is -0.263. The Bertz CT molecular complexity index is 260. The van der Waals surface area contributed by atoms with Crippen molar-refractivity contribution < 1.29 is 14.7 Å². The Morgan fingerprint density at radius 2 is 2.47 bits per heavy atom. The van der Waals surface area contributed by atoms with Gasteiger partial charge in [0.25, 0.3) is 0 Å². The molecule has 1 heterocycles. The van der Waals surface area contributed by atoms with Gasteiger partial charge in [0.15, 0.2) is 0 Å². The highest BCUT2D eigenvalue weighted by Gasteiger charge is 2.35. The van der Waals surface area contributed by atoms with Crippen LogP contribution in [0, 0.1) is 0 Å². The van der Waals surface area contributed by atoms with Crippen molar-refractivity contribution in [2.45, 2.75) is 24.1 Å². The molecule has 15 heavy (non-hydrogen) atoms. The van der Waals surface area contributed by atoms with E-state index in [-0.39, 0.29) is 11.2 Å². The van der Waals surface area contributed by atoms with Gasteiger partial charge in [0.1, 0.15) is 6.04 Å². The highest BCUT2D eigenvalue weighted by atomic mass is 32.2. The number of thiol groups is 1. The molecule has 86 valence electrons. The molecule has 1 N–H and O–H groups in total. The molecule has 1 rings (SSSR count). The van der Waals surface area contributed by atoms with Crippen LogP contribution in [0.25, 0.3) is 0 Å². The number of likely N-dealkylation sites (tertiary alicyclic amines) is 1. The number of thioether (sulfide) groups is 1. The van der Waals surface area contributed by atoms with Crippen LogP contribution in [0.2, 0.25) is 0 Å². The fraction of sp³-hybridized carbons (Fsp3) is 0.778. The molecule has 1 aliphatic rings. The van der Waals surface area contributed by atoms with Gasteiger partial charge < -0.3 is 10.0 Å². The molecule has 0 spiro atoms. The first kappa shape index (κ1) is 12.7. The van der Waals surface area contributed by atoms with Gasteiger partial charge in [0.2, 0.25) is 5.91 Å². The van der Waals surface area contributed by atoms with Gasteiger partial charge in [-0.05, 0) is 18.4 Å². The van der Waals surface area contributed by atoms with Gasteiger partial charge in [-0.1, -0.05) is 0 Å². The average Bonchev–Trinajstić information content (AvgIpc) is 2.46. The molecule has 0 radical (unpaired) electrons. The van der Waals surface area contributed by atoms with Crippen molar-refractivity contribution in [3.8, 4) is 0 Å². The van der Waals surface area contributed by atoms with Crippen LogP contribution in [0.3, 0.4) is 0 Å². The lowest BCUT2D eigenvalue weighted by Gasteiger charge is -2.24. The van der Waals surface area contributed by atoms with E-state index in [2.05, 4.69) is 12.6 Å². The first-order chi connectivity index (χ1) is 7.06. The first-order valence-corrected chi connectivity index (χ1v) is 6.66. The summed E-state index contributed by atoms with van der Waals surface area (Å²) in [6, 6.07) is -0.679. The molecular formula is C9H15NO3S2. The largest absolute Gasteiger partial charge is 0.480 e. The van der Waals surface area contributed by atoms with Gasteiger partial charge in [0.05, 0.1) is 0 Å². The molecule has 0 saturated carbocycles. The van der Waals surface area contributed by atoms with E-state index in [4.69, 9.17) is 5.11 Å². The summed E-state index contributed by atoms with van der Waals surface area (Å²) in [4.78, 5) is 24.0. The van der Waals surface area contributed by atoms with Gasteiger partial charge in [-0.2, -0.15) is 24.4 Å². The quantitative estimate of drug-likeness (QED) is 0.705.